The fourth-order valence-electron chi connectivity index (χ4n) is 4.24. The zero-order chi connectivity index (χ0) is 20.7. The van der Waals surface area contributed by atoms with Gasteiger partial charge in [0.1, 0.15) is 11.5 Å². The number of nitrogens with one attached hydrogen (secondary N) is 1. The third-order valence-corrected chi connectivity index (χ3v) is 5.67. The second kappa shape index (κ2) is 7.63. The average Bonchev–Trinajstić information content (AvgIpc) is 3.38. The Morgan fingerprint density at radius 3 is 2.79 bits per heavy atom. The van der Waals surface area contributed by atoms with Crippen molar-refractivity contribution in [2.45, 2.75) is 40.2 Å². The fraction of sp³-hybridized carbons (Fsp3) is 0.500. The monoisotopic (exact) mass is 395 g/mol. The standard InChI is InChI=1S/C22H29N5O2/c1-13(2)27-21-19(11-24-27)18(22(28)26-7-6-16(12-26)10-23-5)9-20(25-21)17-8-14(3)29-15(17)4/h8-9,11,13,16,23H,6-7,10,12H2,1-5H3/t16-/m0/s1. The van der Waals surface area contributed by atoms with E-state index in [0.717, 1.165) is 59.9 Å². The van der Waals surface area contributed by atoms with E-state index in [1.54, 1.807) is 6.20 Å². The molecule has 1 amide bonds. The topological polar surface area (TPSA) is 76.2 Å². The molecular formula is C22H29N5O2. The zero-order valence-corrected chi connectivity index (χ0v) is 17.8. The Hall–Kier alpha value is -2.67. The minimum absolute atomic E-state index is 0.0541. The molecule has 0 spiro atoms. The van der Waals surface area contributed by atoms with Crippen molar-refractivity contribution in [3.63, 3.8) is 0 Å². The summed E-state index contributed by atoms with van der Waals surface area (Å²) in [4.78, 5) is 20.3. The van der Waals surface area contributed by atoms with E-state index in [4.69, 9.17) is 9.40 Å². The van der Waals surface area contributed by atoms with Gasteiger partial charge in [-0.1, -0.05) is 0 Å². The van der Waals surface area contributed by atoms with E-state index in [0.29, 0.717) is 11.5 Å². The number of hydrogen-bond acceptors (Lipinski definition) is 5. The van der Waals surface area contributed by atoms with Crippen LogP contribution in [0.5, 0.6) is 0 Å². The third kappa shape index (κ3) is 3.55. The van der Waals surface area contributed by atoms with Crippen LogP contribution in [0.15, 0.2) is 22.7 Å². The maximum absolute atomic E-state index is 13.5. The number of carbonyl (C=O) groups excluding carboxylic acids is 1. The highest BCUT2D eigenvalue weighted by Crippen LogP contribution is 2.31. The van der Waals surface area contributed by atoms with E-state index in [1.807, 2.05) is 42.6 Å². The van der Waals surface area contributed by atoms with Gasteiger partial charge in [-0.2, -0.15) is 5.10 Å². The van der Waals surface area contributed by atoms with Crippen LogP contribution in [0.3, 0.4) is 0 Å². The fourth-order valence-corrected chi connectivity index (χ4v) is 4.24. The Kier molecular flexibility index (Phi) is 5.17. The van der Waals surface area contributed by atoms with E-state index >= 15 is 0 Å². The average molecular weight is 396 g/mol. The van der Waals surface area contributed by atoms with Gasteiger partial charge < -0.3 is 14.6 Å². The van der Waals surface area contributed by atoms with Crippen LogP contribution in [0.4, 0.5) is 0 Å². The summed E-state index contributed by atoms with van der Waals surface area (Å²) >= 11 is 0. The minimum atomic E-state index is 0.0541. The summed E-state index contributed by atoms with van der Waals surface area (Å²) < 4.78 is 7.60. The Balaban J connectivity index is 1.82. The summed E-state index contributed by atoms with van der Waals surface area (Å²) in [5.41, 5.74) is 3.08. The van der Waals surface area contributed by atoms with Crippen LogP contribution in [0, 0.1) is 19.8 Å². The largest absolute Gasteiger partial charge is 0.466 e. The number of rotatable bonds is 5. The van der Waals surface area contributed by atoms with Crippen molar-refractivity contribution in [1.82, 2.24) is 25.0 Å². The lowest BCUT2D eigenvalue weighted by Gasteiger charge is -2.18. The maximum atomic E-state index is 13.5. The van der Waals surface area contributed by atoms with Gasteiger partial charge in [0, 0.05) is 24.7 Å². The molecule has 1 N–H and O–H groups in total. The first-order chi connectivity index (χ1) is 13.9. The number of fused-ring (bicyclic) bond motifs is 1. The number of hydrogen-bond donors (Lipinski definition) is 1. The van der Waals surface area contributed by atoms with Crippen molar-refractivity contribution in [1.29, 1.82) is 0 Å². The Morgan fingerprint density at radius 1 is 1.34 bits per heavy atom. The molecule has 1 saturated heterocycles. The number of aromatic nitrogens is 3. The summed E-state index contributed by atoms with van der Waals surface area (Å²) in [6.07, 6.45) is 2.80. The Bertz CT molecular complexity index is 1050. The number of amides is 1. The first kappa shape index (κ1) is 19.6. The molecule has 1 aliphatic heterocycles. The molecule has 3 aromatic heterocycles. The highest BCUT2D eigenvalue weighted by atomic mass is 16.3. The minimum Gasteiger partial charge on any atom is -0.466 e. The summed E-state index contributed by atoms with van der Waals surface area (Å²) in [6.45, 7) is 10.5. The van der Waals surface area contributed by atoms with Crippen molar-refractivity contribution in [2.75, 3.05) is 26.7 Å². The van der Waals surface area contributed by atoms with Gasteiger partial charge in [0.2, 0.25) is 0 Å². The molecule has 0 saturated carbocycles. The molecule has 0 bridgehead atoms. The van der Waals surface area contributed by atoms with Gasteiger partial charge in [-0.25, -0.2) is 9.67 Å². The van der Waals surface area contributed by atoms with Crippen LogP contribution in [0.2, 0.25) is 0 Å². The first-order valence-corrected chi connectivity index (χ1v) is 10.3. The predicted molar refractivity (Wildman–Crippen MR) is 113 cm³/mol. The molecule has 4 rings (SSSR count). The summed E-state index contributed by atoms with van der Waals surface area (Å²) in [5.74, 6) is 2.19. The number of nitrogens with zero attached hydrogens (tertiary/aromatic N) is 4. The van der Waals surface area contributed by atoms with Gasteiger partial charge >= 0.3 is 0 Å². The van der Waals surface area contributed by atoms with Crippen molar-refractivity contribution >= 4 is 16.9 Å². The molecule has 3 aromatic rings. The normalized spacial score (nSPS) is 17.0. The van der Waals surface area contributed by atoms with Crippen LogP contribution in [0.1, 0.15) is 48.2 Å². The number of aryl methyl sites for hydroxylation is 2. The van der Waals surface area contributed by atoms with Crippen LogP contribution >= 0.6 is 0 Å². The van der Waals surface area contributed by atoms with Gasteiger partial charge in [0.05, 0.1) is 22.8 Å². The number of likely N-dealkylation sites (tertiary alicyclic amines) is 1. The van der Waals surface area contributed by atoms with Crippen molar-refractivity contribution in [2.24, 2.45) is 5.92 Å². The van der Waals surface area contributed by atoms with Gasteiger partial charge in [-0.3, -0.25) is 4.79 Å². The van der Waals surface area contributed by atoms with Crippen molar-refractivity contribution < 1.29 is 9.21 Å². The first-order valence-electron chi connectivity index (χ1n) is 10.3. The van der Waals surface area contributed by atoms with E-state index in [2.05, 4.69) is 24.3 Å². The summed E-state index contributed by atoms with van der Waals surface area (Å²) in [6, 6.07) is 4.03. The molecule has 1 aliphatic rings. The van der Waals surface area contributed by atoms with Gasteiger partial charge in [-0.15, -0.1) is 0 Å². The van der Waals surface area contributed by atoms with Gasteiger partial charge in [0.15, 0.2) is 5.65 Å². The number of furan rings is 1. The lowest BCUT2D eigenvalue weighted by molar-refractivity contribution is 0.0789. The molecule has 0 aliphatic carbocycles. The zero-order valence-electron chi connectivity index (χ0n) is 17.8. The molecule has 29 heavy (non-hydrogen) atoms. The van der Waals surface area contributed by atoms with E-state index in [1.165, 1.54) is 0 Å². The molecule has 0 aromatic carbocycles. The molecule has 4 heterocycles. The second-order valence-electron chi connectivity index (χ2n) is 8.27. The number of carbonyl (C=O) groups is 1. The highest BCUT2D eigenvalue weighted by molar-refractivity contribution is 6.06. The second-order valence-corrected chi connectivity index (χ2v) is 8.27. The SMILES string of the molecule is CNC[C@@H]1CCN(C(=O)c2cc(-c3cc(C)oc3C)nc3c2cnn3C(C)C)C1. The van der Waals surface area contributed by atoms with Crippen LogP contribution < -0.4 is 5.32 Å². The molecule has 154 valence electrons. The molecule has 7 heteroatoms. The Morgan fingerprint density at radius 2 is 2.14 bits per heavy atom. The van der Waals surface area contributed by atoms with Crippen LogP contribution in [0.25, 0.3) is 22.3 Å². The molecular weight excluding hydrogens is 366 g/mol. The molecule has 1 atom stereocenters. The van der Waals surface area contributed by atoms with Crippen molar-refractivity contribution in [3.05, 3.63) is 35.4 Å². The molecule has 0 unspecified atom stereocenters. The van der Waals surface area contributed by atoms with Gasteiger partial charge in [-0.05, 0) is 65.8 Å². The molecule has 0 radical (unpaired) electrons. The van der Waals surface area contributed by atoms with E-state index in [-0.39, 0.29) is 11.9 Å². The molecule has 7 nitrogen and oxygen atoms in total. The summed E-state index contributed by atoms with van der Waals surface area (Å²) in [5, 5.41) is 8.55. The summed E-state index contributed by atoms with van der Waals surface area (Å²) in [7, 11) is 1.96. The lowest BCUT2D eigenvalue weighted by atomic mass is 10.1. The van der Waals surface area contributed by atoms with Gasteiger partial charge in [0.25, 0.3) is 5.91 Å². The highest BCUT2D eigenvalue weighted by Gasteiger charge is 2.29. The van der Waals surface area contributed by atoms with Crippen molar-refractivity contribution in [3.8, 4) is 11.3 Å². The maximum Gasteiger partial charge on any atom is 0.254 e. The lowest BCUT2D eigenvalue weighted by Crippen LogP contribution is -2.30. The molecule has 1 fully saturated rings. The van der Waals surface area contributed by atoms with E-state index in [9.17, 15) is 4.79 Å². The third-order valence-electron chi connectivity index (χ3n) is 5.67. The quantitative estimate of drug-likeness (QED) is 0.715. The van der Waals surface area contributed by atoms with E-state index < -0.39 is 0 Å². The smallest absolute Gasteiger partial charge is 0.254 e. The Labute approximate surface area is 171 Å². The van der Waals surface area contributed by atoms with Crippen LogP contribution in [-0.4, -0.2) is 52.3 Å². The van der Waals surface area contributed by atoms with Crippen LogP contribution in [-0.2, 0) is 0 Å². The number of pyridine rings is 1. The predicted octanol–water partition coefficient (Wildman–Crippen LogP) is 3.57.